The van der Waals surface area contributed by atoms with Crippen LogP contribution < -0.4 is 10.6 Å². The van der Waals surface area contributed by atoms with E-state index in [4.69, 9.17) is 4.42 Å². The molecule has 1 aromatic heterocycles. The van der Waals surface area contributed by atoms with E-state index in [1.54, 1.807) is 13.3 Å². The van der Waals surface area contributed by atoms with Crippen molar-refractivity contribution in [3.63, 3.8) is 0 Å². The zero-order valence-corrected chi connectivity index (χ0v) is 17.6. The first kappa shape index (κ1) is 19.3. The van der Waals surface area contributed by atoms with Crippen LogP contribution in [0.2, 0.25) is 0 Å². The van der Waals surface area contributed by atoms with E-state index < -0.39 is 0 Å². The van der Waals surface area contributed by atoms with Gasteiger partial charge in [0.1, 0.15) is 5.76 Å². The first-order valence-electron chi connectivity index (χ1n) is 7.95. The minimum absolute atomic E-state index is 0. The van der Waals surface area contributed by atoms with Crippen molar-refractivity contribution in [3.8, 4) is 0 Å². The molecule has 0 saturated heterocycles. The summed E-state index contributed by atoms with van der Waals surface area (Å²) >= 11 is 3.56. The zero-order valence-electron chi connectivity index (χ0n) is 13.7. The predicted molar refractivity (Wildman–Crippen MR) is 112 cm³/mol. The Morgan fingerprint density at radius 3 is 2.71 bits per heavy atom. The third-order valence-electron chi connectivity index (χ3n) is 4.35. The summed E-state index contributed by atoms with van der Waals surface area (Å²) in [6.07, 6.45) is 5.00. The van der Waals surface area contributed by atoms with Crippen LogP contribution in [0.5, 0.6) is 0 Å². The summed E-state index contributed by atoms with van der Waals surface area (Å²) in [5, 5.41) is 6.80. The number of nitrogens with zero attached hydrogens (tertiary/aromatic N) is 1. The van der Waals surface area contributed by atoms with Crippen molar-refractivity contribution in [3.05, 3.63) is 58.5 Å². The molecule has 2 N–H and O–H groups in total. The van der Waals surface area contributed by atoms with Gasteiger partial charge in [-0.2, -0.15) is 0 Å². The summed E-state index contributed by atoms with van der Waals surface area (Å²) in [4.78, 5) is 4.30. The molecule has 24 heavy (non-hydrogen) atoms. The highest BCUT2D eigenvalue weighted by atomic mass is 127. The topological polar surface area (TPSA) is 49.6 Å². The van der Waals surface area contributed by atoms with Crippen molar-refractivity contribution in [1.82, 2.24) is 10.6 Å². The molecule has 1 aliphatic rings. The lowest BCUT2D eigenvalue weighted by Crippen LogP contribution is -2.41. The molecule has 2 aromatic rings. The third kappa shape index (κ3) is 4.99. The Bertz CT molecular complexity index is 669. The number of halogens is 2. The van der Waals surface area contributed by atoms with E-state index in [1.165, 1.54) is 18.4 Å². The molecule has 1 aromatic carbocycles. The minimum atomic E-state index is 0. The quantitative estimate of drug-likeness (QED) is 0.354. The number of rotatable bonds is 6. The van der Waals surface area contributed by atoms with Gasteiger partial charge in [-0.3, -0.25) is 4.99 Å². The van der Waals surface area contributed by atoms with Crippen molar-refractivity contribution in [1.29, 1.82) is 0 Å². The molecule has 3 rings (SSSR count). The summed E-state index contributed by atoms with van der Waals surface area (Å²) < 4.78 is 6.48. The molecular formula is C18H23BrIN3O. The number of nitrogens with one attached hydrogen (secondary N) is 2. The van der Waals surface area contributed by atoms with Crippen LogP contribution in [0.25, 0.3) is 0 Å². The SMILES string of the molecule is CN=C(NCCc1ccco1)NCC1(c2cccc(Br)c2)CC1.I. The van der Waals surface area contributed by atoms with Gasteiger partial charge in [-0.25, -0.2) is 0 Å². The van der Waals surface area contributed by atoms with Crippen LogP contribution in [0.15, 0.2) is 56.5 Å². The summed E-state index contributed by atoms with van der Waals surface area (Å²) in [5.74, 6) is 1.83. The van der Waals surface area contributed by atoms with E-state index in [1.807, 2.05) is 12.1 Å². The van der Waals surface area contributed by atoms with Crippen LogP contribution in [-0.2, 0) is 11.8 Å². The molecule has 4 nitrogen and oxygen atoms in total. The highest BCUT2D eigenvalue weighted by Gasteiger charge is 2.44. The fourth-order valence-electron chi connectivity index (χ4n) is 2.77. The number of hydrogen-bond acceptors (Lipinski definition) is 2. The average Bonchev–Trinajstić information content (AvgIpc) is 3.18. The number of benzene rings is 1. The van der Waals surface area contributed by atoms with Gasteiger partial charge in [-0.05, 0) is 42.7 Å². The van der Waals surface area contributed by atoms with Crippen LogP contribution in [0.1, 0.15) is 24.2 Å². The molecule has 1 heterocycles. The lowest BCUT2D eigenvalue weighted by atomic mass is 9.96. The van der Waals surface area contributed by atoms with Crippen LogP contribution in [0, 0.1) is 0 Å². The summed E-state index contributed by atoms with van der Waals surface area (Å²) in [7, 11) is 1.81. The van der Waals surface area contributed by atoms with E-state index >= 15 is 0 Å². The maximum atomic E-state index is 5.34. The molecule has 0 unspecified atom stereocenters. The Morgan fingerprint density at radius 2 is 2.08 bits per heavy atom. The molecule has 0 bridgehead atoms. The van der Waals surface area contributed by atoms with Gasteiger partial charge in [0.25, 0.3) is 0 Å². The van der Waals surface area contributed by atoms with Crippen molar-refractivity contribution >= 4 is 45.9 Å². The van der Waals surface area contributed by atoms with E-state index in [-0.39, 0.29) is 29.4 Å². The second-order valence-corrected chi connectivity index (χ2v) is 6.89. The normalized spacial score (nSPS) is 15.5. The van der Waals surface area contributed by atoms with Crippen molar-refractivity contribution in [2.45, 2.75) is 24.7 Å². The highest BCUT2D eigenvalue weighted by molar-refractivity contribution is 14.0. The molecule has 0 atom stereocenters. The molecule has 1 aliphatic carbocycles. The van der Waals surface area contributed by atoms with Gasteiger partial charge in [0.2, 0.25) is 0 Å². The average molecular weight is 504 g/mol. The highest BCUT2D eigenvalue weighted by Crippen LogP contribution is 2.48. The number of guanidine groups is 1. The molecule has 0 aliphatic heterocycles. The number of aliphatic imine (C=N–C) groups is 1. The van der Waals surface area contributed by atoms with Gasteiger partial charge >= 0.3 is 0 Å². The molecule has 130 valence electrons. The monoisotopic (exact) mass is 503 g/mol. The molecule has 0 radical (unpaired) electrons. The van der Waals surface area contributed by atoms with Crippen LogP contribution in [0.3, 0.4) is 0 Å². The van der Waals surface area contributed by atoms with Gasteiger partial charge in [0.15, 0.2) is 5.96 Å². The summed E-state index contributed by atoms with van der Waals surface area (Å²) in [6, 6.07) is 12.5. The van der Waals surface area contributed by atoms with Crippen LogP contribution >= 0.6 is 39.9 Å². The first-order valence-corrected chi connectivity index (χ1v) is 8.74. The molecule has 1 saturated carbocycles. The Hall–Kier alpha value is -1.02. The lowest BCUT2D eigenvalue weighted by molar-refractivity contribution is 0.506. The van der Waals surface area contributed by atoms with E-state index in [9.17, 15) is 0 Å². The predicted octanol–water partition coefficient (Wildman–Crippen LogP) is 4.10. The molecule has 1 fully saturated rings. The molecule has 0 amide bonds. The van der Waals surface area contributed by atoms with Crippen LogP contribution in [-0.4, -0.2) is 26.1 Å². The lowest BCUT2D eigenvalue weighted by Gasteiger charge is -2.19. The first-order chi connectivity index (χ1) is 11.2. The zero-order chi connectivity index (χ0) is 16.1. The van der Waals surface area contributed by atoms with E-state index in [0.29, 0.717) is 0 Å². The Labute approximate surface area is 168 Å². The number of hydrogen-bond donors (Lipinski definition) is 2. The standard InChI is InChI=1S/C18H22BrN3O.HI/c1-20-17(21-10-7-16-6-3-11-23-16)22-13-18(8-9-18)14-4-2-5-15(19)12-14;/h2-6,11-12H,7-10,13H2,1H3,(H2,20,21,22);1H. The fraction of sp³-hybridized carbons (Fsp3) is 0.389. The second kappa shape index (κ2) is 8.89. The largest absolute Gasteiger partial charge is 0.469 e. The molecular weight excluding hydrogens is 481 g/mol. The third-order valence-corrected chi connectivity index (χ3v) is 4.85. The maximum absolute atomic E-state index is 5.34. The van der Waals surface area contributed by atoms with Crippen molar-refractivity contribution < 1.29 is 4.42 Å². The number of furan rings is 1. The summed E-state index contributed by atoms with van der Waals surface area (Å²) in [6.45, 7) is 1.71. The van der Waals surface area contributed by atoms with Crippen molar-refractivity contribution in [2.24, 2.45) is 4.99 Å². The van der Waals surface area contributed by atoms with Crippen LogP contribution in [0.4, 0.5) is 0 Å². The van der Waals surface area contributed by atoms with Crippen molar-refractivity contribution in [2.75, 3.05) is 20.1 Å². The second-order valence-electron chi connectivity index (χ2n) is 5.97. The molecule has 0 spiro atoms. The fourth-order valence-corrected chi connectivity index (χ4v) is 3.17. The Balaban J connectivity index is 0.00000208. The smallest absolute Gasteiger partial charge is 0.191 e. The van der Waals surface area contributed by atoms with E-state index in [2.05, 4.69) is 55.8 Å². The summed E-state index contributed by atoms with van der Waals surface area (Å²) in [5.41, 5.74) is 1.65. The Kier molecular flexibility index (Phi) is 7.16. The van der Waals surface area contributed by atoms with Gasteiger partial charge in [-0.1, -0.05) is 28.1 Å². The van der Waals surface area contributed by atoms with E-state index in [0.717, 1.165) is 35.7 Å². The van der Waals surface area contributed by atoms with Gasteiger partial charge in [-0.15, -0.1) is 24.0 Å². The minimum Gasteiger partial charge on any atom is -0.469 e. The maximum Gasteiger partial charge on any atom is 0.191 e. The van der Waals surface area contributed by atoms with Gasteiger partial charge in [0, 0.05) is 36.4 Å². The Morgan fingerprint density at radius 1 is 1.25 bits per heavy atom. The molecule has 6 heteroatoms. The van der Waals surface area contributed by atoms with Gasteiger partial charge < -0.3 is 15.1 Å². The van der Waals surface area contributed by atoms with Gasteiger partial charge in [0.05, 0.1) is 6.26 Å².